The summed E-state index contributed by atoms with van der Waals surface area (Å²) in [6.45, 7) is 9.38. The summed E-state index contributed by atoms with van der Waals surface area (Å²) in [5.74, 6) is -0.221. The molecule has 0 fully saturated rings. The van der Waals surface area contributed by atoms with Gasteiger partial charge in [-0.2, -0.15) is 0 Å². The van der Waals surface area contributed by atoms with Crippen LogP contribution in [0.2, 0.25) is 0 Å². The van der Waals surface area contributed by atoms with Crippen LogP contribution in [0.4, 0.5) is 4.39 Å². The van der Waals surface area contributed by atoms with Gasteiger partial charge in [-0.05, 0) is 29.7 Å². The molecule has 2 aromatic carbocycles. The molecule has 0 bridgehead atoms. The number of hydrogen-bond acceptors (Lipinski definition) is 0. The third kappa shape index (κ3) is 2.40. The third-order valence-electron chi connectivity index (χ3n) is 2.92. The van der Waals surface area contributed by atoms with Gasteiger partial charge in [0.05, 0.1) is 0 Å². The van der Waals surface area contributed by atoms with Crippen molar-refractivity contribution in [3.8, 4) is 11.1 Å². The molecule has 0 atom stereocenters. The highest BCUT2D eigenvalue weighted by molar-refractivity contribution is 5.70. The largest absolute Gasteiger partial charge is 0.206 e. The highest BCUT2D eigenvalue weighted by atomic mass is 19.1. The van der Waals surface area contributed by atoms with Crippen LogP contribution in [-0.4, -0.2) is 0 Å². The lowest BCUT2D eigenvalue weighted by molar-refractivity contribution is 0.631. The maximum atomic E-state index is 14.0. The van der Waals surface area contributed by atoms with Gasteiger partial charge in [0, 0.05) is 5.56 Å². The molecule has 2 aromatic rings. The van der Waals surface area contributed by atoms with Crippen molar-refractivity contribution in [2.75, 3.05) is 0 Å². The van der Waals surface area contributed by atoms with E-state index in [-0.39, 0.29) is 5.82 Å². The Morgan fingerprint density at radius 3 is 2.28 bits per heavy atom. The van der Waals surface area contributed by atoms with E-state index in [4.69, 9.17) is 0 Å². The fourth-order valence-electron chi connectivity index (χ4n) is 1.81. The lowest BCUT2D eigenvalue weighted by Gasteiger charge is -2.07. The van der Waals surface area contributed by atoms with E-state index in [0.717, 1.165) is 22.3 Å². The molecule has 0 aromatic heterocycles. The number of hydrogen-bond donors (Lipinski definition) is 0. The molecule has 0 aliphatic carbocycles. The molecular weight excluding hydrogens is 223 g/mol. The zero-order valence-electron chi connectivity index (χ0n) is 10.4. The Kier molecular flexibility index (Phi) is 3.42. The van der Waals surface area contributed by atoms with Crippen molar-refractivity contribution in [3.05, 3.63) is 72.6 Å². The van der Waals surface area contributed by atoms with Crippen LogP contribution in [0.15, 0.2) is 55.6 Å². The third-order valence-corrected chi connectivity index (χ3v) is 2.92. The SMILES string of the molecule is C=Cc1ccc(-c2ccc(C(=C)C)cc2F)cc1. The molecular formula is C17H15F. The Morgan fingerprint density at radius 1 is 1.11 bits per heavy atom. The van der Waals surface area contributed by atoms with Gasteiger partial charge in [0.15, 0.2) is 0 Å². The summed E-state index contributed by atoms with van der Waals surface area (Å²) in [6.07, 6.45) is 1.77. The first-order valence-corrected chi connectivity index (χ1v) is 5.80. The maximum Gasteiger partial charge on any atom is 0.131 e. The van der Waals surface area contributed by atoms with Gasteiger partial charge in [0.2, 0.25) is 0 Å². The van der Waals surface area contributed by atoms with E-state index >= 15 is 0 Å². The highest BCUT2D eigenvalue weighted by Gasteiger charge is 2.06. The molecule has 2 rings (SSSR count). The van der Waals surface area contributed by atoms with Crippen molar-refractivity contribution >= 4 is 11.6 Å². The van der Waals surface area contributed by atoms with Crippen molar-refractivity contribution < 1.29 is 4.39 Å². The Hall–Kier alpha value is -2.15. The molecule has 1 heteroatoms. The van der Waals surface area contributed by atoms with E-state index in [9.17, 15) is 4.39 Å². The second kappa shape index (κ2) is 5.01. The molecule has 0 saturated carbocycles. The van der Waals surface area contributed by atoms with Gasteiger partial charge in [-0.1, -0.05) is 61.2 Å². The zero-order valence-corrected chi connectivity index (χ0v) is 10.4. The van der Waals surface area contributed by atoms with E-state index in [1.54, 1.807) is 12.1 Å². The molecule has 90 valence electrons. The maximum absolute atomic E-state index is 14.0. The van der Waals surface area contributed by atoms with Crippen LogP contribution in [0.5, 0.6) is 0 Å². The predicted molar refractivity (Wildman–Crippen MR) is 76.6 cm³/mol. The lowest BCUT2D eigenvalue weighted by Crippen LogP contribution is -1.87. The Bertz CT molecular complexity index is 592. The highest BCUT2D eigenvalue weighted by Crippen LogP contribution is 2.26. The predicted octanol–water partition coefficient (Wildman–Crippen LogP) is 5.17. The van der Waals surface area contributed by atoms with Gasteiger partial charge in [-0.3, -0.25) is 0 Å². The Balaban J connectivity index is 2.44. The van der Waals surface area contributed by atoms with Crippen molar-refractivity contribution in [2.24, 2.45) is 0 Å². The molecule has 0 nitrogen and oxygen atoms in total. The quantitative estimate of drug-likeness (QED) is 0.692. The standard InChI is InChI=1S/C17H15F/c1-4-13-5-7-14(8-6-13)16-10-9-15(12(2)3)11-17(16)18/h4-11H,1-2H2,3H3. The Morgan fingerprint density at radius 2 is 1.78 bits per heavy atom. The van der Waals surface area contributed by atoms with Gasteiger partial charge < -0.3 is 0 Å². The first-order valence-electron chi connectivity index (χ1n) is 5.80. The summed E-state index contributed by atoms with van der Waals surface area (Å²) in [6, 6.07) is 12.9. The molecule has 0 unspecified atom stereocenters. The van der Waals surface area contributed by atoms with Crippen LogP contribution >= 0.6 is 0 Å². The number of rotatable bonds is 3. The van der Waals surface area contributed by atoms with Crippen LogP contribution in [0.3, 0.4) is 0 Å². The minimum absolute atomic E-state index is 0.221. The van der Waals surface area contributed by atoms with Crippen molar-refractivity contribution in [3.63, 3.8) is 0 Å². The van der Waals surface area contributed by atoms with E-state index in [1.807, 2.05) is 37.3 Å². The average molecular weight is 238 g/mol. The molecule has 0 radical (unpaired) electrons. The van der Waals surface area contributed by atoms with Gasteiger partial charge in [0.25, 0.3) is 0 Å². The summed E-state index contributed by atoms with van der Waals surface area (Å²) < 4.78 is 14.0. The van der Waals surface area contributed by atoms with Crippen molar-refractivity contribution in [1.29, 1.82) is 0 Å². The summed E-state index contributed by atoms with van der Waals surface area (Å²) in [4.78, 5) is 0. The number of halogens is 1. The van der Waals surface area contributed by atoms with Crippen molar-refractivity contribution in [2.45, 2.75) is 6.92 Å². The Labute approximate surface area is 107 Å². The van der Waals surface area contributed by atoms with Crippen LogP contribution in [-0.2, 0) is 0 Å². The van der Waals surface area contributed by atoms with Crippen LogP contribution in [0.25, 0.3) is 22.8 Å². The fraction of sp³-hybridized carbons (Fsp3) is 0.0588. The summed E-state index contributed by atoms with van der Waals surface area (Å²) in [5.41, 5.74) is 4.20. The van der Waals surface area contributed by atoms with E-state index in [0.29, 0.717) is 5.56 Å². The lowest BCUT2D eigenvalue weighted by atomic mass is 10.00. The fourth-order valence-corrected chi connectivity index (χ4v) is 1.81. The molecule has 0 aliphatic rings. The molecule has 18 heavy (non-hydrogen) atoms. The minimum Gasteiger partial charge on any atom is -0.206 e. The average Bonchev–Trinajstić information content (AvgIpc) is 2.38. The number of allylic oxidation sites excluding steroid dienone is 1. The topological polar surface area (TPSA) is 0 Å². The second-order valence-electron chi connectivity index (χ2n) is 4.30. The first-order chi connectivity index (χ1) is 8.61. The monoisotopic (exact) mass is 238 g/mol. The molecule has 0 N–H and O–H groups in total. The van der Waals surface area contributed by atoms with Crippen LogP contribution in [0.1, 0.15) is 18.1 Å². The molecule has 0 amide bonds. The van der Waals surface area contributed by atoms with Crippen LogP contribution in [0, 0.1) is 5.82 Å². The second-order valence-corrected chi connectivity index (χ2v) is 4.30. The molecule has 0 aliphatic heterocycles. The molecule has 0 saturated heterocycles. The normalized spacial score (nSPS) is 10.1. The van der Waals surface area contributed by atoms with Gasteiger partial charge >= 0.3 is 0 Å². The summed E-state index contributed by atoms with van der Waals surface area (Å²) in [5, 5.41) is 0. The molecule has 0 heterocycles. The van der Waals surface area contributed by atoms with Gasteiger partial charge in [-0.15, -0.1) is 0 Å². The first kappa shape index (κ1) is 12.3. The van der Waals surface area contributed by atoms with E-state index in [2.05, 4.69) is 13.2 Å². The van der Waals surface area contributed by atoms with E-state index < -0.39 is 0 Å². The summed E-state index contributed by atoms with van der Waals surface area (Å²) in [7, 11) is 0. The van der Waals surface area contributed by atoms with Gasteiger partial charge in [-0.25, -0.2) is 4.39 Å². The molecule has 0 spiro atoms. The summed E-state index contributed by atoms with van der Waals surface area (Å²) >= 11 is 0. The van der Waals surface area contributed by atoms with Crippen molar-refractivity contribution in [1.82, 2.24) is 0 Å². The number of benzene rings is 2. The van der Waals surface area contributed by atoms with Gasteiger partial charge in [0.1, 0.15) is 5.82 Å². The van der Waals surface area contributed by atoms with E-state index in [1.165, 1.54) is 6.07 Å². The minimum atomic E-state index is -0.221. The zero-order chi connectivity index (χ0) is 13.1. The van der Waals surface area contributed by atoms with Crippen LogP contribution < -0.4 is 0 Å². The smallest absolute Gasteiger partial charge is 0.131 e.